The van der Waals surface area contributed by atoms with Gasteiger partial charge in [0, 0.05) is 17.8 Å². The molecule has 1 unspecified atom stereocenters. The molecule has 2 N–H and O–H groups in total. The van der Waals surface area contributed by atoms with E-state index in [4.69, 9.17) is 5.73 Å². The fraction of sp³-hybridized carbons (Fsp3) is 0.235. The Hall–Kier alpha value is -2.33. The molecule has 4 heteroatoms. The maximum atomic E-state index is 6.52. The zero-order valence-electron chi connectivity index (χ0n) is 12.2. The van der Waals surface area contributed by atoms with E-state index in [9.17, 15) is 0 Å². The SMILES string of the molecule is CCc1nnc(C)cc1C(N)c1cncc2ccccc12. The summed E-state index contributed by atoms with van der Waals surface area (Å²) in [5, 5.41) is 10.6. The van der Waals surface area contributed by atoms with E-state index in [1.54, 1.807) is 0 Å². The molecular weight excluding hydrogens is 260 g/mol. The monoisotopic (exact) mass is 278 g/mol. The van der Waals surface area contributed by atoms with Crippen molar-refractivity contribution in [3.63, 3.8) is 0 Å². The van der Waals surface area contributed by atoms with Crippen LogP contribution in [0.25, 0.3) is 10.8 Å². The van der Waals surface area contributed by atoms with Crippen LogP contribution >= 0.6 is 0 Å². The van der Waals surface area contributed by atoms with Gasteiger partial charge in [0.15, 0.2) is 0 Å². The van der Waals surface area contributed by atoms with Crippen LogP contribution in [0, 0.1) is 6.92 Å². The Morgan fingerprint density at radius 2 is 1.90 bits per heavy atom. The van der Waals surface area contributed by atoms with Crippen LogP contribution in [-0.2, 0) is 6.42 Å². The molecule has 3 aromatic rings. The van der Waals surface area contributed by atoms with Crippen molar-refractivity contribution >= 4 is 10.8 Å². The minimum Gasteiger partial charge on any atom is -0.320 e. The molecule has 0 amide bonds. The quantitative estimate of drug-likeness (QED) is 0.800. The van der Waals surface area contributed by atoms with Gasteiger partial charge in [0.1, 0.15) is 0 Å². The summed E-state index contributed by atoms with van der Waals surface area (Å²) in [4.78, 5) is 4.32. The average Bonchev–Trinajstić information content (AvgIpc) is 2.53. The van der Waals surface area contributed by atoms with Gasteiger partial charge in [0.25, 0.3) is 0 Å². The van der Waals surface area contributed by atoms with Gasteiger partial charge >= 0.3 is 0 Å². The Kier molecular flexibility index (Phi) is 3.62. The van der Waals surface area contributed by atoms with Crippen LogP contribution in [0.1, 0.15) is 35.5 Å². The second-order valence-electron chi connectivity index (χ2n) is 5.17. The predicted octanol–water partition coefficient (Wildman–Crippen LogP) is 2.94. The summed E-state index contributed by atoms with van der Waals surface area (Å²) in [6.45, 7) is 4.00. The summed E-state index contributed by atoms with van der Waals surface area (Å²) in [6, 6.07) is 9.95. The summed E-state index contributed by atoms with van der Waals surface area (Å²) in [5.74, 6) is 0. The van der Waals surface area contributed by atoms with E-state index < -0.39 is 0 Å². The summed E-state index contributed by atoms with van der Waals surface area (Å²) >= 11 is 0. The molecule has 1 aromatic carbocycles. The van der Waals surface area contributed by atoms with Crippen molar-refractivity contribution in [3.8, 4) is 0 Å². The molecule has 3 rings (SSSR count). The van der Waals surface area contributed by atoms with Gasteiger partial charge in [-0.25, -0.2) is 0 Å². The van der Waals surface area contributed by atoms with Gasteiger partial charge in [0.05, 0.1) is 17.4 Å². The van der Waals surface area contributed by atoms with Gasteiger partial charge in [-0.2, -0.15) is 10.2 Å². The maximum Gasteiger partial charge on any atom is 0.0679 e. The molecule has 0 saturated heterocycles. The minimum atomic E-state index is -0.243. The average molecular weight is 278 g/mol. The number of hydrogen-bond acceptors (Lipinski definition) is 4. The number of pyridine rings is 1. The molecular formula is C17H18N4. The van der Waals surface area contributed by atoms with Crippen LogP contribution in [0.3, 0.4) is 0 Å². The van der Waals surface area contributed by atoms with Gasteiger partial charge in [-0.1, -0.05) is 31.2 Å². The van der Waals surface area contributed by atoms with Crippen molar-refractivity contribution < 1.29 is 0 Å². The van der Waals surface area contributed by atoms with Gasteiger partial charge in [0.2, 0.25) is 0 Å². The number of fused-ring (bicyclic) bond motifs is 1. The Morgan fingerprint density at radius 1 is 1.10 bits per heavy atom. The molecule has 2 heterocycles. The predicted molar refractivity (Wildman–Crippen MR) is 83.9 cm³/mol. The Morgan fingerprint density at radius 3 is 2.71 bits per heavy atom. The van der Waals surface area contributed by atoms with Gasteiger partial charge in [-0.3, -0.25) is 4.98 Å². The Labute approximate surface area is 124 Å². The number of aromatic nitrogens is 3. The van der Waals surface area contributed by atoms with Crippen molar-refractivity contribution in [1.29, 1.82) is 0 Å². The number of nitrogens with two attached hydrogens (primary N) is 1. The normalized spacial score (nSPS) is 12.5. The summed E-state index contributed by atoms with van der Waals surface area (Å²) in [5.41, 5.74) is 10.4. The molecule has 1 atom stereocenters. The molecule has 0 aliphatic rings. The molecule has 106 valence electrons. The fourth-order valence-electron chi connectivity index (χ4n) is 2.63. The molecule has 2 aromatic heterocycles. The topological polar surface area (TPSA) is 64.7 Å². The van der Waals surface area contributed by atoms with E-state index >= 15 is 0 Å². The third kappa shape index (κ3) is 2.50. The highest BCUT2D eigenvalue weighted by molar-refractivity contribution is 5.85. The molecule has 0 aliphatic heterocycles. The molecule has 0 aliphatic carbocycles. The molecule has 0 spiro atoms. The van der Waals surface area contributed by atoms with E-state index in [1.807, 2.05) is 37.5 Å². The van der Waals surface area contributed by atoms with Crippen LogP contribution < -0.4 is 5.73 Å². The van der Waals surface area contributed by atoms with E-state index in [0.29, 0.717) is 0 Å². The van der Waals surface area contributed by atoms with E-state index in [-0.39, 0.29) is 6.04 Å². The first-order chi connectivity index (χ1) is 10.2. The summed E-state index contributed by atoms with van der Waals surface area (Å²) in [6.07, 6.45) is 4.53. The minimum absolute atomic E-state index is 0.243. The lowest BCUT2D eigenvalue weighted by Crippen LogP contribution is -2.16. The van der Waals surface area contributed by atoms with Crippen molar-refractivity contribution in [1.82, 2.24) is 15.2 Å². The maximum absolute atomic E-state index is 6.52. The Balaban J connectivity index is 2.17. The third-order valence-electron chi connectivity index (χ3n) is 3.73. The van der Waals surface area contributed by atoms with E-state index in [1.165, 1.54) is 0 Å². The largest absolute Gasteiger partial charge is 0.320 e. The first-order valence-corrected chi connectivity index (χ1v) is 7.12. The molecule has 0 bridgehead atoms. The van der Waals surface area contributed by atoms with Gasteiger partial charge in [-0.15, -0.1) is 0 Å². The summed E-state index contributed by atoms with van der Waals surface area (Å²) < 4.78 is 0. The second-order valence-corrected chi connectivity index (χ2v) is 5.17. The van der Waals surface area contributed by atoms with E-state index in [0.717, 1.165) is 39.7 Å². The molecule has 0 radical (unpaired) electrons. The number of benzene rings is 1. The summed E-state index contributed by atoms with van der Waals surface area (Å²) in [7, 11) is 0. The highest BCUT2D eigenvalue weighted by Gasteiger charge is 2.17. The van der Waals surface area contributed by atoms with E-state index in [2.05, 4.69) is 34.2 Å². The van der Waals surface area contributed by atoms with Crippen LogP contribution in [0.5, 0.6) is 0 Å². The first kappa shape index (κ1) is 13.6. The Bertz CT molecular complexity index is 777. The third-order valence-corrected chi connectivity index (χ3v) is 3.73. The van der Waals surface area contributed by atoms with Gasteiger partial charge in [-0.05, 0) is 35.9 Å². The number of aryl methyl sites for hydroxylation is 2. The van der Waals surface area contributed by atoms with Crippen molar-refractivity contribution in [2.75, 3.05) is 0 Å². The fourth-order valence-corrected chi connectivity index (χ4v) is 2.63. The van der Waals surface area contributed by atoms with Crippen molar-refractivity contribution in [2.24, 2.45) is 5.73 Å². The lowest BCUT2D eigenvalue weighted by molar-refractivity contribution is 0.791. The van der Waals surface area contributed by atoms with Crippen LogP contribution in [0.4, 0.5) is 0 Å². The number of hydrogen-bond donors (Lipinski definition) is 1. The highest BCUT2D eigenvalue weighted by Crippen LogP contribution is 2.28. The zero-order chi connectivity index (χ0) is 14.8. The lowest BCUT2D eigenvalue weighted by Gasteiger charge is -2.17. The van der Waals surface area contributed by atoms with Crippen LogP contribution in [-0.4, -0.2) is 15.2 Å². The molecule has 4 nitrogen and oxygen atoms in total. The van der Waals surface area contributed by atoms with Crippen molar-refractivity contribution in [3.05, 3.63) is 65.2 Å². The smallest absolute Gasteiger partial charge is 0.0679 e. The van der Waals surface area contributed by atoms with Crippen LogP contribution in [0.15, 0.2) is 42.7 Å². The standard InChI is InChI=1S/C17H18N4/c1-3-16-14(8-11(2)20-21-16)17(18)15-10-19-9-12-6-4-5-7-13(12)15/h4-10,17H,3,18H2,1-2H3. The highest BCUT2D eigenvalue weighted by atomic mass is 15.1. The molecule has 0 saturated carbocycles. The van der Waals surface area contributed by atoms with Crippen molar-refractivity contribution in [2.45, 2.75) is 26.3 Å². The molecule has 21 heavy (non-hydrogen) atoms. The van der Waals surface area contributed by atoms with Gasteiger partial charge < -0.3 is 5.73 Å². The number of nitrogens with zero attached hydrogens (tertiary/aromatic N) is 3. The van der Waals surface area contributed by atoms with Crippen LogP contribution in [0.2, 0.25) is 0 Å². The zero-order valence-corrected chi connectivity index (χ0v) is 12.2. The lowest BCUT2D eigenvalue weighted by atomic mass is 9.94. The molecule has 0 fully saturated rings. The number of rotatable bonds is 3. The second kappa shape index (κ2) is 5.58. The first-order valence-electron chi connectivity index (χ1n) is 7.12.